The summed E-state index contributed by atoms with van der Waals surface area (Å²) in [7, 11) is 0. The zero-order valence-corrected chi connectivity index (χ0v) is 13.7. The Morgan fingerprint density at radius 2 is 2.37 bits per heavy atom. The fourth-order valence-corrected chi connectivity index (χ4v) is 4.37. The third kappa shape index (κ3) is 4.45. The van der Waals surface area contributed by atoms with Crippen LogP contribution in [0.4, 0.5) is 0 Å². The molecule has 0 aromatic carbocycles. The zero-order chi connectivity index (χ0) is 13.7. The zero-order valence-electron chi connectivity index (χ0n) is 12.1. The Kier molecular flexibility index (Phi) is 6.13. The molecule has 0 bridgehead atoms. The van der Waals surface area contributed by atoms with Gasteiger partial charge in [-0.3, -0.25) is 4.90 Å². The molecule has 2 heterocycles. The number of hydrogen-bond acceptors (Lipinski definition) is 5. The summed E-state index contributed by atoms with van der Waals surface area (Å²) in [4.78, 5) is 7.26. The molecule has 0 spiro atoms. The Bertz CT molecular complexity index is 383. The van der Waals surface area contributed by atoms with E-state index in [2.05, 4.69) is 35.9 Å². The van der Waals surface area contributed by atoms with E-state index in [-0.39, 0.29) is 6.10 Å². The molecule has 19 heavy (non-hydrogen) atoms. The normalized spacial score (nSPS) is 22.6. The Morgan fingerprint density at radius 1 is 1.53 bits per heavy atom. The van der Waals surface area contributed by atoms with Gasteiger partial charge in [-0.1, -0.05) is 6.92 Å². The largest absolute Gasteiger partial charge is 0.372 e. The van der Waals surface area contributed by atoms with Crippen molar-refractivity contribution in [2.75, 3.05) is 25.4 Å². The smallest absolute Gasteiger partial charge is 0.122 e. The number of thiazole rings is 1. The molecule has 1 saturated heterocycles. The summed E-state index contributed by atoms with van der Waals surface area (Å²) >= 11 is 3.84. The third-order valence-corrected chi connectivity index (χ3v) is 5.82. The highest BCUT2D eigenvalue weighted by atomic mass is 32.2. The van der Waals surface area contributed by atoms with Crippen LogP contribution in [0.1, 0.15) is 44.0 Å². The number of nitrogens with zero attached hydrogens (tertiary/aromatic N) is 2. The van der Waals surface area contributed by atoms with Gasteiger partial charge in [0.25, 0.3) is 0 Å². The molecule has 2 atom stereocenters. The summed E-state index contributed by atoms with van der Waals surface area (Å²) in [6, 6.07) is 0. The van der Waals surface area contributed by atoms with Crippen molar-refractivity contribution in [1.29, 1.82) is 0 Å². The predicted octanol–water partition coefficient (Wildman–Crippen LogP) is 3.57. The highest BCUT2D eigenvalue weighted by Crippen LogP contribution is 2.25. The van der Waals surface area contributed by atoms with E-state index in [1.165, 1.54) is 31.0 Å². The molecular weight excluding hydrogens is 276 g/mol. The molecular formula is C14H24N2OS2. The summed E-state index contributed by atoms with van der Waals surface area (Å²) in [6.45, 7) is 10.5. The first-order valence-corrected chi connectivity index (χ1v) is 9.05. The number of hydrogen-bond donors (Lipinski definition) is 0. The van der Waals surface area contributed by atoms with Crippen LogP contribution in [0.15, 0.2) is 5.38 Å². The van der Waals surface area contributed by atoms with Crippen LogP contribution in [0.25, 0.3) is 0 Å². The van der Waals surface area contributed by atoms with Gasteiger partial charge in [0.2, 0.25) is 0 Å². The molecule has 1 aliphatic rings. The van der Waals surface area contributed by atoms with Crippen LogP contribution in [0.2, 0.25) is 0 Å². The monoisotopic (exact) mass is 300 g/mol. The van der Waals surface area contributed by atoms with E-state index in [0.29, 0.717) is 0 Å². The van der Waals surface area contributed by atoms with Gasteiger partial charge in [0, 0.05) is 42.6 Å². The quantitative estimate of drug-likeness (QED) is 0.802. The summed E-state index contributed by atoms with van der Waals surface area (Å²) < 4.78 is 5.60. The highest BCUT2D eigenvalue weighted by molar-refractivity contribution is 8.00. The Balaban J connectivity index is 1.88. The minimum absolute atomic E-state index is 0.129. The standard InChI is InChI=1S/C14H24N2OS2/c1-4-13-9-16(6-7-18-13)8-12-10-19-14(15-12)11(3)17-5-2/h10-11,13H,4-9H2,1-3H3. The molecule has 3 nitrogen and oxygen atoms in total. The van der Waals surface area contributed by atoms with Crippen molar-refractivity contribution in [2.45, 2.75) is 45.1 Å². The molecule has 1 aliphatic heterocycles. The molecule has 1 fully saturated rings. The van der Waals surface area contributed by atoms with E-state index in [0.717, 1.165) is 23.4 Å². The molecule has 2 rings (SSSR count). The molecule has 5 heteroatoms. The van der Waals surface area contributed by atoms with Gasteiger partial charge in [-0.2, -0.15) is 11.8 Å². The lowest BCUT2D eigenvalue weighted by Gasteiger charge is -2.31. The van der Waals surface area contributed by atoms with Crippen molar-refractivity contribution >= 4 is 23.1 Å². The van der Waals surface area contributed by atoms with Crippen LogP contribution in [0, 0.1) is 0 Å². The summed E-state index contributed by atoms with van der Waals surface area (Å²) in [6.07, 6.45) is 1.40. The van der Waals surface area contributed by atoms with E-state index in [1.54, 1.807) is 11.3 Å². The van der Waals surface area contributed by atoms with Crippen molar-refractivity contribution in [3.8, 4) is 0 Å². The molecule has 1 aromatic heterocycles. The fraction of sp³-hybridized carbons (Fsp3) is 0.786. The average molecular weight is 300 g/mol. The fourth-order valence-electron chi connectivity index (χ4n) is 2.30. The summed E-state index contributed by atoms with van der Waals surface area (Å²) in [5.74, 6) is 1.25. The minimum Gasteiger partial charge on any atom is -0.372 e. The van der Waals surface area contributed by atoms with Gasteiger partial charge in [0.1, 0.15) is 11.1 Å². The van der Waals surface area contributed by atoms with Crippen LogP contribution in [-0.2, 0) is 11.3 Å². The van der Waals surface area contributed by atoms with Crippen LogP contribution in [-0.4, -0.2) is 40.6 Å². The van der Waals surface area contributed by atoms with E-state index >= 15 is 0 Å². The minimum atomic E-state index is 0.129. The first kappa shape index (κ1) is 15.3. The number of thioether (sulfide) groups is 1. The van der Waals surface area contributed by atoms with Gasteiger partial charge in [-0.25, -0.2) is 4.98 Å². The van der Waals surface area contributed by atoms with E-state index < -0.39 is 0 Å². The maximum atomic E-state index is 5.60. The third-order valence-electron chi connectivity index (χ3n) is 3.40. The van der Waals surface area contributed by atoms with E-state index in [9.17, 15) is 0 Å². The van der Waals surface area contributed by atoms with Crippen molar-refractivity contribution in [3.63, 3.8) is 0 Å². The average Bonchev–Trinajstić information content (AvgIpc) is 2.88. The van der Waals surface area contributed by atoms with E-state index in [1.807, 2.05) is 6.92 Å². The molecule has 0 amide bonds. The maximum absolute atomic E-state index is 5.60. The van der Waals surface area contributed by atoms with Crippen molar-refractivity contribution < 1.29 is 4.74 Å². The first-order valence-electron chi connectivity index (χ1n) is 7.12. The molecule has 0 saturated carbocycles. The molecule has 2 unspecified atom stereocenters. The van der Waals surface area contributed by atoms with Gasteiger partial charge >= 0.3 is 0 Å². The first-order chi connectivity index (χ1) is 9.22. The number of aromatic nitrogens is 1. The lowest BCUT2D eigenvalue weighted by molar-refractivity contribution is 0.0760. The lowest BCUT2D eigenvalue weighted by Crippen LogP contribution is -2.37. The second-order valence-electron chi connectivity index (χ2n) is 4.91. The van der Waals surface area contributed by atoms with Crippen LogP contribution in [0.5, 0.6) is 0 Å². The Hall–Kier alpha value is -0.100. The second-order valence-corrected chi connectivity index (χ2v) is 7.21. The van der Waals surface area contributed by atoms with Gasteiger partial charge in [0.05, 0.1) is 5.69 Å². The predicted molar refractivity (Wildman–Crippen MR) is 84.0 cm³/mol. The number of ether oxygens (including phenoxy) is 1. The molecule has 0 radical (unpaired) electrons. The molecule has 1 aromatic rings. The van der Waals surface area contributed by atoms with Crippen LogP contribution < -0.4 is 0 Å². The van der Waals surface area contributed by atoms with Crippen molar-refractivity contribution in [3.05, 3.63) is 16.1 Å². The van der Waals surface area contributed by atoms with Gasteiger partial charge in [-0.05, 0) is 20.3 Å². The topological polar surface area (TPSA) is 25.4 Å². The Labute approximate surface area is 124 Å². The molecule has 0 N–H and O–H groups in total. The SMILES string of the molecule is CCOC(C)c1nc(CN2CCSC(CC)C2)cs1. The van der Waals surface area contributed by atoms with Gasteiger partial charge in [-0.15, -0.1) is 11.3 Å². The lowest BCUT2D eigenvalue weighted by atomic mass is 10.3. The van der Waals surface area contributed by atoms with Crippen LogP contribution >= 0.6 is 23.1 Å². The van der Waals surface area contributed by atoms with Gasteiger partial charge in [0.15, 0.2) is 0 Å². The van der Waals surface area contributed by atoms with Gasteiger partial charge < -0.3 is 4.74 Å². The summed E-state index contributed by atoms with van der Waals surface area (Å²) in [5, 5.41) is 4.09. The molecule has 0 aliphatic carbocycles. The van der Waals surface area contributed by atoms with E-state index in [4.69, 9.17) is 9.72 Å². The maximum Gasteiger partial charge on any atom is 0.122 e. The number of rotatable bonds is 6. The van der Waals surface area contributed by atoms with Crippen molar-refractivity contribution in [1.82, 2.24) is 9.88 Å². The summed E-state index contributed by atoms with van der Waals surface area (Å²) in [5.41, 5.74) is 1.20. The molecule has 108 valence electrons. The highest BCUT2D eigenvalue weighted by Gasteiger charge is 2.20. The Morgan fingerprint density at radius 3 is 3.11 bits per heavy atom. The van der Waals surface area contributed by atoms with Crippen molar-refractivity contribution in [2.24, 2.45) is 0 Å². The second kappa shape index (κ2) is 7.62. The van der Waals surface area contributed by atoms with Crippen LogP contribution in [0.3, 0.4) is 0 Å².